The van der Waals surface area contributed by atoms with Gasteiger partial charge in [-0.1, -0.05) is 37.9 Å². The molecule has 0 saturated heterocycles. The Balaban J connectivity index is 5.55. The lowest BCUT2D eigenvalue weighted by molar-refractivity contribution is -0.130. The van der Waals surface area contributed by atoms with Crippen LogP contribution in [0.3, 0.4) is 0 Å². The molecule has 0 aromatic heterocycles. The fourth-order valence-electron chi connectivity index (χ4n) is 2.46. The van der Waals surface area contributed by atoms with Crippen LogP contribution in [-0.2, 0) is 23.7 Å². The van der Waals surface area contributed by atoms with Gasteiger partial charge in [0, 0.05) is 39.8 Å². The van der Waals surface area contributed by atoms with Crippen LogP contribution in [0.4, 0.5) is 0 Å². The van der Waals surface area contributed by atoms with Gasteiger partial charge in [0.15, 0.2) is 11.1 Å². The van der Waals surface area contributed by atoms with Crippen molar-refractivity contribution >= 4 is 17.2 Å². The van der Waals surface area contributed by atoms with Crippen LogP contribution in [0.1, 0.15) is 48.0 Å². The second-order valence-electron chi connectivity index (χ2n) is 6.69. The fourth-order valence-corrected chi connectivity index (χ4v) is 5.88. The number of hydrogen-bond donors (Lipinski definition) is 1. The van der Waals surface area contributed by atoms with Crippen LogP contribution in [-0.4, -0.2) is 62.6 Å². The van der Waals surface area contributed by atoms with Gasteiger partial charge in [-0.15, -0.1) is 0 Å². The lowest BCUT2D eigenvalue weighted by atomic mass is 9.98. The quantitative estimate of drug-likeness (QED) is 0.377. The number of hydrogen-bond acceptors (Lipinski definition) is 6. The molecule has 0 heterocycles. The predicted octanol–water partition coefficient (Wildman–Crippen LogP) is 3.52. The highest BCUT2D eigenvalue weighted by atomic mass is 31.1. The number of nitrogens with two attached hydrogens (primary N) is 1. The van der Waals surface area contributed by atoms with Crippen LogP contribution in [0.25, 0.3) is 0 Å². The Morgan fingerprint density at radius 3 is 1.36 bits per heavy atom. The highest BCUT2D eigenvalue weighted by Gasteiger charge is 2.45. The molecule has 0 saturated carbocycles. The summed E-state index contributed by atoms with van der Waals surface area (Å²) in [4.78, 5) is 0. The van der Waals surface area contributed by atoms with Crippen LogP contribution in [0.15, 0.2) is 0 Å². The number of methoxy groups -OCH3 is 4. The summed E-state index contributed by atoms with van der Waals surface area (Å²) in [7, 11) is 7.42. The minimum absolute atomic E-state index is 0.162. The summed E-state index contributed by atoms with van der Waals surface area (Å²) >= 11 is 0. The maximum atomic E-state index is 6.35. The van der Waals surface area contributed by atoms with E-state index in [2.05, 4.69) is 20.8 Å². The van der Waals surface area contributed by atoms with Crippen LogP contribution >= 0.6 is 17.2 Å². The van der Waals surface area contributed by atoms with Crippen LogP contribution in [0.2, 0.25) is 0 Å². The molecule has 5 atom stereocenters. The monoisotopic (exact) mass is 399 g/mol. The van der Waals surface area contributed by atoms with Gasteiger partial charge in [-0.05, 0) is 27.2 Å². The van der Waals surface area contributed by atoms with Gasteiger partial charge in [-0.2, -0.15) is 0 Å². The van der Waals surface area contributed by atoms with Crippen molar-refractivity contribution in [2.75, 3.05) is 28.4 Å². The van der Waals surface area contributed by atoms with Gasteiger partial charge in [0.05, 0.1) is 5.60 Å². The highest BCUT2D eigenvalue weighted by molar-refractivity contribution is 7.41. The lowest BCUT2D eigenvalue weighted by Gasteiger charge is -2.46. The molecule has 0 aliphatic rings. The number of ether oxygens (including phenoxy) is 5. The second kappa shape index (κ2) is 10.8. The van der Waals surface area contributed by atoms with Crippen LogP contribution in [0.5, 0.6) is 0 Å². The molecule has 0 spiro atoms. The van der Waals surface area contributed by atoms with Gasteiger partial charge in [-0.25, -0.2) is 0 Å². The standard InChI is InChI=1S/C17H39NO5P2/c1-11-14(18)23-15(4,12(2)24-16(5,19-7)20-8)13(3)25-17(6,21-9)22-10/h12-14,24-25H,11,18H2,1-10H3. The summed E-state index contributed by atoms with van der Waals surface area (Å²) < 4.78 is 28.6. The first kappa shape index (κ1) is 25.6. The SMILES string of the molecule is CCC(N)OC(C)(C(C)PC(C)(OC)OC)C(C)PC(C)(OC)OC. The highest BCUT2D eigenvalue weighted by Crippen LogP contribution is 2.50. The molecule has 0 aliphatic heterocycles. The minimum Gasteiger partial charge on any atom is -0.356 e. The normalized spacial score (nSPS) is 20.3. The largest absolute Gasteiger partial charge is 0.356 e. The Hall–Kier alpha value is 0.620. The molecule has 0 rings (SSSR count). The van der Waals surface area contributed by atoms with Crippen molar-refractivity contribution < 1.29 is 23.7 Å². The van der Waals surface area contributed by atoms with Gasteiger partial charge < -0.3 is 29.4 Å². The lowest BCUT2D eigenvalue weighted by Crippen LogP contribution is -2.52. The smallest absolute Gasteiger partial charge is 0.180 e. The maximum Gasteiger partial charge on any atom is 0.180 e. The Labute approximate surface area is 157 Å². The second-order valence-corrected chi connectivity index (χ2v) is 10.8. The van der Waals surface area contributed by atoms with E-state index in [4.69, 9.17) is 29.4 Å². The molecule has 0 aromatic rings. The zero-order valence-corrected chi connectivity index (χ0v) is 19.6. The Morgan fingerprint density at radius 1 is 0.800 bits per heavy atom. The first-order valence-corrected chi connectivity index (χ1v) is 10.8. The van der Waals surface area contributed by atoms with Crippen molar-refractivity contribution in [3.63, 3.8) is 0 Å². The molecular formula is C17H39NO5P2. The van der Waals surface area contributed by atoms with Crippen molar-refractivity contribution in [1.82, 2.24) is 0 Å². The van der Waals surface area contributed by atoms with Gasteiger partial charge >= 0.3 is 0 Å². The van der Waals surface area contributed by atoms with Crippen molar-refractivity contribution in [3.8, 4) is 0 Å². The summed E-state index contributed by atoms with van der Waals surface area (Å²) in [6, 6.07) is 0. The predicted molar refractivity (Wildman–Crippen MR) is 108 cm³/mol. The third-order valence-corrected chi connectivity index (χ3v) is 8.92. The molecule has 0 bridgehead atoms. The summed E-state index contributed by atoms with van der Waals surface area (Å²) in [6.45, 7) is 12.4. The Morgan fingerprint density at radius 2 is 1.12 bits per heavy atom. The molecule has 6 nitrogen and oxygen atoms in total. The third-order valence-electron chi connectivity index (χ3n) is 5.04. The maximum absolute atomic E-state index is 6.35. The first-order valence-electron chi connectivity index (χ1n) is 8.65. The van der Waals surface area contributed by atoms with Crippen molar-refractivity contribution in [3.05, 3.63) is 0 Å². The van der Waals surface area contributed by atoms with E-state index in [1.807, 2.05) is 20.8 Å². The zero-order valence-electron chi connectivity index (χ0n) is 17.6. The molecular weight excluding hydrogens is 360 g/mol. The minimum atomic E-state index is -0.644. The van der Waals surface area contributed by atoms with Gasteiger partial charge in [0.1, 0.15) is 6.23 Å². The molecule has 0 amide bonds. The zero-order chi connectivity index (χ0) is 19.9. The van der Waals surface area contributed by atoms with Crippen LogP contribution < -0.4 is 5.73 Å². The first-order chi connectivity index (χ1) is 11.5. The topological polar surface area (TPSA) is 72.2 Å². The van der Waals surface area contributed by atoms with Crippen LogP contribution in [0, 0.1) is 0 Å². The Kier molecular flexibility index (Phi) is 11.1. The third kappa shape index (κ3) is 7.27. The number of rotatable bonds is 13. The van der Waals surface area contributed by atoms with Crippen molar-refractivity contribution in [2.45, 2.75) is 82.2 Å². The van der Waals surface area contributed by atoms with E-state index in [1.54, 1.807) is 28.4 Å². The molecule has 25 heavy (non-hydrogen) atoms. The molecule has 0 aliphatic carbocycles. The molecule has 5 unspecified atom stereocenters. The molecule has 8 heteroatoms. The van der Waals surface area contributed by atoms with E-state index in [0.29, 0.717) is 17.2 Å². The van der Waals surface area contributed by atoms with Crippen molar-refractivity contribution in [2.24, 2.45) is 5.73 Å². The van der Waals surface area contributed by atoms with Gasteiger partial charge in [0.25, 0.3) is 0 Å². The van der Waals surface area contributed by atoms with E-state index in [1.165, 1.54) is 0 Å². The Bertz CT molecular complexity index is 352. The molecule has 2 N–H and O–H groups in total. The van der Waals surface area contributed by atoms with E-state index in [9.17, 15) is 0 Å². The average molecular weight is 399 g/mol. The average Bonchev–Trinajstić information content (AvgIpc) is 2.60. The summed E-state index contributed by atoms with van der Waals surface area (Å²) in [5.74, 6) is 0. The molecule has 0 radical (unpaired) electrons. The van der Waals surface area contributed by atoms with E-state index < -0.39 is 16.7 Å². The van der Waals surface area contributed by atoms with E-state index >= 15 is 0 Å². The molecule has 152 valence electrons. The summed E-state index contributed by atoms with van der Waals surface area (Å²) in [5, 5.41) is 0. The molecule has 0 aromatic carbocycles. The summed E-state index contributed by atoms with van der Waals surface area (Å²) in [6.07, 6.45) is 0.427. The van der Waals surface area contributed by atoms with Gasteiger partial charge in [0.2, 0.25) is 0 Å². The van der Waals surface area contributed by atoms with E-state index in [-0.39, 0.29) is 17.5 Å². The summed E-state index contributed by atoms with van der Waals surface area (Å²) in [5.41, 5.74) is 4.72. The molecule has 0 fully saturated rings. The van der Waals surface area contributed by atoms with Crippen molar-refractivity contribution in [1.29, 1.82) is 0 Å². The van der Waals surface area contributed by atoms with Gasteiger partial charge in [-0.3, -0.25) is 0 Å². The van der Waals surface area contributed by atoms with E-state index in [0.717, 1.165) is 6.42 Å². The fraction of sp³-hybridized carbons (Fsp3) is 1.00.